The maximum absolute atomic E-state index is 13.2. The number of likely N-dealkylation sites (tertiary alicyclic amines) is 1. The molecule has 2 saturated heterocycles. The minimum Gasteiger partial charge on any atom is -0.342 e. The summed E-state index contributed by atoms with van der Waals surface area (Å²) >= 11 is 0. The van der Waals surface area contributed by atoms with Gasteiger partial charge in [0.25, 0.3) is 0 Å². The van der Waals surface area contributed by atoms with E-state index in [4.69, 9.17) is 0 Å². The molecule has 1 aromatic carbocycles. The van der Waals surface area contributed by atoms with Crippen molar-refractivity contribution in [3.63, 3.8) is 0 Å². The van der Waals surface area contributed by atoms with Gasteiger partial charge in [0, 0.05) is 26.1 Å². The lowest BCUT2D eigenvalue weighted by Gasteiger charge is -2.32. The van der Waals surface area contributed by atoms with Crippen LogP contribution in [-0.4, -0.2) is 36.3 Å². The summed E-state index contributed by atoms with van der Waals surface area (Å²) in [5.74, 6) is -0.706. The van der Waals surface area contributed by atoms with Crippen LogP contribution in [0.4, 0.5) is 18.9 Å². The molecule has 0 radical (unpaired) electrons. The van der Waals surface area contributed by atoms with Crippen molar-refractivity contribution >= 4 is 17.5 Å². The first kappa shape index (κ1) is 17.8. The minimum atomic E-state index is -4.54. The van der Waals surface area contributed by atoms with Gasteiger partial charge in [-0.05, 0) is 30.9 Å². The number of benzene rings is 1. The number of nitrogens with zero attached hydrogens (tertiary/aromatic N) is 2. The number of carbonyl (C=O) groups is 2. The zero-order valence-corrected chi connectivity index (χ0v) is 14.1. The maximum Gasteiger partial charge on any atom is 0.418 e. The molecule has 2 unspecified atom stereocenters. The van der Waals surface area contributed by atoms with Crippen LogP contribution < -0.4 is 4.90 Å². The lowest BCUT2D eigenvalue weighted by atomic mass is 9.98. The third-order valence-corrected chi connectivity index (χ3v) is 4.94. The van der Waals surface area contributed by atoms with E-state index >= 15 is 0 Å². The second-order valence-electron chi connectivity index (χ2n) is 6.95. The van der Waals surface area contributed by atoms with Crippen LogP contribution in [0.1, 0.15) is 31.7 Å². The van der Waals surface area contributed by atoms with Gasteiger partial charge in [0.15, 0.2) is 0 Å². The molecule has 0 bridgehead atoms. The zero-order chi connectivity index (χ0) is 18.2. The molecule has 136 valence electrons. The molecule has 2 amide bonds. The Morgan fingerprint density at radius 2 is 1.92 bits per heavy atom. The van der Waals surface area contributed by atoms with E-state index in [0.717, 1.165) is 23.8 Å². The van der Waals surface area contributed by atoms with Gasteiger partial charge in [0.05, 0.1) is 17.2 Å². The van der Waals surface area contributed by atoms with E-state index in [0.29, 0.717) is 19.0 Å². The molecular formula is C18H21F3N2O2. The Hall–Kier alpha value is -2.05. The highest BCUT2D eigenvalue weighted by Gasteiger charge is 2.41. The van der Waals surface area contributed by atoms with Crippen LogP contribution >= 0.6 is 0 Å². The lowest BCUT2D eigenvalue weighted by molar-refractivity contribution is -0.138. The van der Waals surface area contributed by atoms with Crippen molar-refractivity contribution in [3.05, 3.63) is 29.8 Å². The number of para-hydroxylation sites is 1. The summed E-state index contributed by atoms with van der Waals surface area (Å²) in [6.07, 6.45) is -2.58. The molecule has 2 heterocycles. The number of piperidine rings is 1. The molecule has 1 aromatic rings. The molecule has 2 aliphatic rings. The van der Waals surface area contributed by atoms with Crippen molar-refractivity contribution in [2.24, 2.45) is 11.8 Å². The molecule has 2 fully saturated rings. The first-order chi connectivity index (χ1) is 11.8. The van der Waals surface area contributed by atoms with Gasteiger partial charge in [-0.2, -0.15) is 13.2 Å². The first-order valence-corrected chi connectivity index (χ1v) is 8.52. The molecule has 2 aliphatic heterocycles. The topological polar surface area (TPSA) is 40.6 Å². The summed E-state index contributed by atoms with van der Waals surface area (Å²) < 4.78 is 39.6. The van der Waals surface area contributed by atoms with Crippen molar-refractivity contribution < 1.29 is 22.8 Å². The normalized spacial score (nSPS) is 24.7. The van der Waals surface area contributed by atoms with E-state index in [9.17, 15) is 22.8 Å². The van der Waals surface area contributed by atoms with Crippen molar-refractivity contribution in [3.8, 4) is 0 Å². The summed E-state index contributed by atoms with van der Waals surface area (Å²) in [7, 11) is 0. The predicted molar refractivity (Wildman–Crippen MR) is 86.9 cm³/mol. The summed E-state index contributed by atoms with van der Waals surface area (Å²) in [4.78, 5) is 27.8. The number of anilines is 1. The highest BCUT2D eigenvalue weighted by molar-refractivity contribution is 6.00. The van der Waals surface area contributed by atoms with Crippen molar-refractivity contribution in [1.29, 1.82) is 0 Å². The Labute approximate surface area is 144 Å². The Bertz CT molecular complexity index is 675. The van der Waals surface area contributed by atoms with Gasteiger partial charge >= 0.3 is 6.18 Å². The van der Waals surface area contributed by atoms with Gasteiger partial charge in [0.2, 0.25) is 11.8 Å². The summed E-state index contributed by atoms with van der Waals surface area (Å²) in [6.45, 7) is 3.40. The monoisotopic (exact) mass is 354 g/mol. The van der Waals surface area contributed by atoms with Gasteiger partial charge in [-0.25, -0.2) is 0 Å². The van der Waals surface area contributed by atoms with Crippen LogP contribution in [0.5, 0.6) is 0 Å². The van der Waals surface area contributed by atoms with Crippen LogP contribution in [0.15, 0.2) is 24.3 Å². The largest absolute Gasteiger partial charge is 0.418 e. The average molecular weight is 354 g/mol. The number of hydrogen-bond acceptors (Lipinski definition) is 2. The van der Waals surface area contributed by atoms with E-state index in [1.807, 2.05) is 0 Å². The molecule has 7 heteroatoms. The van der Waals surface area contributed by atoms with E-state index in [2.05, 4.69) is 6.92 Å². The predicted octanol–water partition coefficient (Wildman–Crippen LogP) is 3.32. The van der Waals surface area contributed by atoms with Crippen LogP contribution in [-0.2, 0) is 15.8 Å². The zero-order valence-electron chi connectivity index (χ0n) is 14.1. The van der Waals surface area contributed by atoms with E-state index in [1.54, 1.807) is 4.90 Å². The van der Waals surface area contributed by atoms with Crippen molar-refractivity contribution in [1.82, 2.24) is 4.90 Å². The Kier molecular flexibility index (Phi) is 4.75. The maximum atomic E-state index is 13.2. The van der Waals surface area contributed by atoms with E-state index in [1.165, 1.54) is 18.2 Å². The van der Waals surface area contributed by atoms with Crippen molar-refractivity contribution in [2.45, 2.75) is 32.4 Å². The number of amides is 2. The molecule has 3 rings (SSSR count). The van der Waals surface area contributed by atoms with Crippen LogP contribution in [0.25, 0.3) is 0 Å². The quantitative estimate of drug-likeness (QED) is 0.818. The molecular weight excluding hydrogens is 333 g/mol. The molecule has 25 heavy (non-hydrogen) atoms. The Morgan fingerprint density at radius 3 is 2.60 bits per heavy atom. The summed E-state index contributed by atoms with van der Waals surface area (Å²) in [5.41, 5.74) is -1.01. The number of alkyl halides is 3. The second kappa shape index (κ2) is 6.69. The highest BCUT2D eigenvalue weighted by Crippen LogP contribution is 2.38. The number of rotatable bonds is 2. The number of carbonyl (C=O) groups excluding carboxylic acids is 2. The average Bonchev–Trinajstić information content (AvgIpc) is 2.95. The highest BCUT2D eigenvalue weighted by atomic mass is 19.4. The SMILES string of the molecule is CC1CCCN(C(=O)C2CC(=O)N(c3ccccc3C(F)(F)F)C2)C1. The lowest BCUT2D eigenvalue weighted by Crippen LogP contribution is -2.43. The third-order valence-electron chi connectivity index (χ3n) is 4.94. The van der Waals surface area contributed by atoms with Gasteiger partial charge in [-0.15, -0.1) is 0 Å². The summed E-state index contributed by atoms with van der Waals surface area (Å²) in [6, 6.07) is 5.02. The molecule has 0 aromatic heterocycles. The van der Waals surface area contributed by atoms with Crippen LogP contribution in [0, 0.1) is 11.8 Å². The second-order valence-corrected chi connectivity index (χ2v) is 6.95. The van der Waals surface area contributed by atoms with Gasteiger partial charge in [-0.3, -0.25) is 9.59 Å². The van der Waals surface area contributed by atoms with Crippen LogP contribution in [0.2, 0.25) is 0 Å². The Morgan fingerprint density at radius 1 is 1.20 bits per heavy atom. The number of halogens is 3. The van der Waals surface area contributed by atoms with Gasteiger partial charge in [-0.1, -0.05) is 19.1 Å². The van der Waals surface area contributed by atoms with E-state index < -0.39 is 23.6 Å². The molecule has 0 N–H and O–H groups in total. The fourth-order valence-corrected chi connectivity index (χ4v) is 3.70. The fraction of sp³-hybridized carbons (Fsp3) is 0.556. The van der Waals surface area contributed by atoms with Gasteiger partial charge in [0.1, 0.15) is 0 Å². The minimum absolute atomic E-state index is 0.00956. The summed E-state index contributed by atoms with van der Waals surface area (Å²) in [5, 5.41) is 0. The number of hydrogen-bond donors (Lipinski definition) is 0. The standard InChI is InChI=1S/C18H21F3N2O2/c1-12-5-4-8-22(10-12)17(25)13-9-16(24)23(11-13)15-7-3-2-6-14(15)18(19,20)21/h2-3,6-7,12-13H,4-5,8-11H2,1H3. The first-order valence-electron chi connectivity index (χ1n) is 8.52. The van der Waals surface area contributed by atoms with E-state index in [-0.39, 0.29) is 24.6 Å². The third kappa shape index (κ3) is 3.65. The molecule has 0 aliphatic carbocycles. The smallest absolute Gasteiger partial charge is 0.342 e. The van der Waals surface area contributed by atoms with Crippen molar-refractivity contribution in [2.75, 3.05) is 24.5 Å². The fourth-order valence-electron chi connectivity index (χ4n) is 3.70. The molecule has 4 nitrogen and oxygen atoms in total. The Balaban J connectivity index is 1.78. The molecule has 0 spiro atoms. The van der Waals surface area contributed by atoms with Crippen LogP contribution in [0.3, 0.4) is 0 Å². The molecule has 2 atom stereocenters. The van der Waals surface area contributed by atoms with Gasteiger partial charge < -0.3 is 9.80 Å². The molecule has 0 saturated carbocycles.